The molecule has 2 rings (SSSR count). The van der Waals surface area contributed by atoms with Crippen molar-refractivity contribution in [3.8, 4) is 0 Å². The van der Waals surface area contributed by atoms with E-state index in [1.54, 1.807) is 16.8 Å². The molecule has 0 saturated carbocycles. The molecule has 0 amide bonds. The first-order valence-corrected chi connectivity index (χ1v) is 2.92. The highest BCUT2D eigenvalue weighted by atomic mass is 15.2. The Kier molecular flexibility index (Phi) is 0.887. The van der Waals surface area contributed by atoms with E-state index < -0.39 is 0 Å². The SMILES string of the molecule is Nc1cccc2nncn12. The maximum atomic E-state index is 5.58. The Bertz CT molecular complexity index is 351. The minimum atomic E-state index is 0.655. The molecule has 2 N–H and O–H groups in total. The highest BCUT2D eigenvalue weighted by Crippen LogP contribution is 2.04. The van der Waals surface area contributed by atoms with Crippen LogP contribution in [-0.4, -0.2) is 14.6 Å². The molecule has 0 aliphatic heterocycles. The van der Waals surface area contributed by atoms with Gasteiger partial charge in [0, 0.05) is 0 Å². The summed E-state index contributed by atoms with van der Waals surface area (Å²) in [6.07, 6.45) is 1.59. The summed E-state index contributed by atoms with van der Waals surface area (Å²) in [6.45, 7) is 0. The normalized spacial score (nSPS) is 10.4. The molecule has 0 spiro atoms. The molecule has 0 aromatic carbocycles. The highest BCUT2D eigenvalue weighted by molar-refractivity contribution is 5.45. The smallest absolute Gasteiger partial charge is 0.162 e. The first kappa shape index (κ1) is 5.22. The van der Waals surface area contributed by atoms with Crippen LogP contribution in [-0.2, 0) is 0 Å². The quantitative estimate of drug-likeness (QED) is 0.564. The lowest BCUT2D eigenvalue weighted by Crippen LogP contribution is -1.93. The van der Waals surface area contributed by atoms with E-state index in [2.05, 4.69) is 10.2 Å². The zero-order valence-corrected chi connectivity index (χ0v) is 5.23. The Morgan fingerprint density at radius 1 is 1.40 bits per heavy atom. The van der Waals surface area contributed by atoms with Gasteiger partial charge in [-0.25, -0.2) is 0 Å². The molecule has 0 atom stereocenters. The van der Waals surface area contributed by atoms with Crippen molar-refractivity contribution in [1.82, 2.24) is 14.6 Å². The molecule has 50 valence electrons. The fraction of sp³-hybridized carbons (Fsp3) is 0. The average Bonchev–Trinajstić information content (AvgIpc) is 2.36. The summed E-state index contributed by atoms with van der Waals surface area (Å²) in [5.41, 5.74) is 6.36. The predicted molar refractivity (Wildman–Crippen MR) is 37.4 cm³/mol. The number of anilines is 1. The summed E-state index contributed by atoms with van der Waals surface area (Å²) in [4.78, 5) is 0. The van der Waals surface area contributed by atoms with Crippen LogP contribution in [0, 0.1) is 0 Å². The molecular formula is C6H6N4. The van der Waals surface area contributed by atoms with Crippen LogP contribution in [0.4, 0.5) is 5.82 Å². The molecule has 0 saturated heterocycles. The molecule has 2 aromatic heterocycles. The molecule has 0 bridgehead atoms. The van der Waals surface area contributed by atoms with Gasteiger partial charge in [0.25, 0.3) is 0 Å². The second-order valence-electron chi connectivity index (χ2n) is 2.01. The van der Waals surface area contributed by atoms with Crippen molar-refractivity contribution in [3.05, 3.63) is 24.5 Å². The second kappa shape index (κ2) is 1.70. The van der Waals surface area contributed by atoms with Crippen molar-refractivity contribution >= 4 is 11.5 Å². The predicted octanol–water partition coefficient (Wildman–Crippen LogP) is 0.311. The van der Waals surface area contributed by atoms with Gasteiger partial charge in [-0.2, -0.15) is 0 Å². The minimum Gasteiger partial charge on any atom is -0.385 e. The van der Waals surface area contributed by atoms with E-state index in [-0.39, 0.29) is 0 Å². The van der Waals surface area contributed by atoms with Crippen LogP contribution in [0.1, 0.15) is 0 Å². The largest absolute Gasteiger partial charge is 0.385 e. The van der Waals surface area contributed by atoms with E-state index in [1.807, 2.05) is 12.1 Å². The van der Waals surface area contributed by atoms with E-state index in [1.165, 1.54) is 0 Å². The number of hydrogen-bond donors (Lipinski definition) is 1. The molecule has 2 aromatic rings. The summed E-state index contributed by atoms with van der Waals surface area (Å²) < 4.78 is 1.72. The molecule has 0 unspecified atom stereocenters. The van der Waals surface area contributed by atoms with Crippen molar-refractivity contribution in [2.75, 3.05) is 5.73 Å². The fourth-order valence-electron chi connectivity index (χ4n) is 0.870. The third-order valence-corrected chi connectivity index (χ3v) is 1.36. The molecule has 4 nitrogen and oxygen atoms in total. The highest BCUT2D eigenvalue weighted by Gasteiger charge is 1.94. The minimum absolute atomic E-state index is 0.655. The summed E-state index contributed by atoms with van der Waals surface area (Å²) >= 11 is 0. The van der Waals surface area contributed by atoms with Gasteiger partial charge < -0.3 is 5.73 Å². The lowest BCUT2D eigenvalue weighted by Gasteiger charge is -1.94. The van der Waals surface area contributed by atoms with E-state index >= 15 is 0 Å². The van der Waals surface area contributed by atoms with Crippen LogP contribution in [0.2, 0.25) is 0 Å². The number of pyridine rings is 1. The molecule has 0 radical (unpaired) electrons. The van der Waals surface area contributed by atoms with Crippen molar-refractivity contribution in [2.45, 2.75) is 0 Å². The van der Waals surface area contributed by atoms with Crippen molar-refractivity contribution in [3.63, 3.8) is 0 Å². The Labute approximate surface area is 57.3 Å². The molecule has 0 aliphatic carbocycles. The van der Waals surface area contributed by atoms with Gasteiger partial charge in [-0.3, -0.25) is 4.40 Å². The van der Waals surface area contributed by atoms with Crippen LogP contribution in [0.3, 0.4) is 0 Å². The molecule has 0 aliphatic rings. The van der Waals surface area contributed by atoms with Crippen LogP contribution in [0.15, 0.2) is 24.5 Å². The summed E-state index contributed by atoms with van der Waals surface area (Å²) in [5, 5.41) is 7.51. The average molecular weight is 134 g/mol. The number of hydrogen-bond acceptors (Lipinski definition) is 3. The van der Waals surface area contributed by atoms with Crippen molar-refractivity contribution in [2.24, 2.45) is 0 Å². The molecule has 2 heterocycles. The Balaban J connectivity index is 2.95. The third kappa shape index (κ3) is 0.556. The van der Waals surface area contributed by atoms with E-state index in [4.69, 9.17) is 5.73 Å². The Hall–Kier alpha value is -1.58. The summed E-state index contributed by atoms with van der Waals surface area (Å²) in [5.74, 6) is 0.655. The topological polar surface area (TPSA) is 56.2 Å². The second-order valence-corrected chi connectivity index (χ2v) is 2.01. The summed E-state index contributed by atoms with van der Waals surface area (Å²) in [7, 11) is 0. The zero-order chi connectivity index (χ0) is 6.97. The third-order valence-electron chi connectivity index (χ3n) is 1.36. The van der Waals surface area contributed by atoms with Crippen molar-refractivity contribution in [1.29, 1.82) is 0 Å². The maximum absolute atomic E-state index is 5.58. The molecule has 4 heteroatoms. The van der Waals surface area contributed by atoms with Gasteiger partial charge in [-0.05, 0) is 12.1 Å². The van der Waals surface area contributed by atoms with Crippen LogP contribution in [0.25, 0.3) is 5.65 Å². The first-order chi connectivity index (χ1) is 4.88. The van der Waals surface area contributed by atoms with Crippen LogP contribution in [0.5, 0.6) is 0 Å². The van der Waals surface area contributed by atoms with Crippen LogP contribution < -0.4 is 5.73 Å². The lowest BCUT2D eigenvalue weighted by atomic mass is 10.4. The Morgan fingerprint density at radius 2 is 2.30 bits per heavy atom. The number of nitrogens with zero attached hydrogens (tertiary/aromatic N) is 3. The van der Waals surface area contributed by atoms with Gasteiger partial charge >= 0.3 is 0 Å². The molecular weight excluding hydrogens is 128 g/mol. The van der Waals surface area contributed by atoms with E-state index in [9.17, 15) is 0 Å². The van der Waals surface area contributed by atoms with Gasteiger partial charge in [-0.1, -0.05) is 6.07 Å². The van der Waals surface area contributed by atoms with Crippen LogP contribution >= 0.6 is 0 Å². The zero-order valence-electron chi connectivity index (χ0n) is 5.23. The maximum Gasteiger partial charge on any atom is 0.162 e. The molecule has 10 heavy (non-hydrogen) atoms. The van der Waals surface area contributed by atoms with Gasteiger partial charge in [0.2, 0.25) is 0 Å². The number of nitrogen functional groups attached to an aromatic ring is 1. The number of nitrogens with two attached hydrogens (primary N) is 1. The lowest BCUT2D eigenvalue weighted by molar-refractivity contribution is 1.10. The number of fused-ring (bicyclic) bond motifs is 1. The van der Waals surface area contributed by atoms with Gasteiger partial charge in [-0.15, -0.1) is 10.2 Å². The monoisotopic (exact) mass is 134 g/mol. The number of aromatic nitrogens is 3. The standard InChI is InChI=1S/C6H6N4/c7-5-2-1-3-6-9-8-4-10(5)6/h1-4H,7H2. The Morgan fingerprint density at radius 3 is 3.10 bits per heavy atom. The van der Waals surface area contributed by atoms with Gasteiger partial charge in [0.15, 0.2) is 5.65 Å². The summed E-state index contributed by atoms with van der Waals surface area (Å²) in [6, 6.07) is 5.50. The fourth-order valence-corrected chi connectivity index (χ4v) is 0.870. The van der Waals surface area contributed by atoms with E-state index in [0.717, 1.165) is 5.65 Å². The van der Waals surface area contributed by atoms with E-state index in [0.29, 0.717) is 5.82 Å². The van der Waals surface area contributed by atoms with Gasteiger partial charge in [0.1, 0.15) is 12.1 Å². The number of rotatable bonds is 0. The molecule has 0 fully saturated rings. The van der Waals surface area contributed by atoms with Crippen molar-refractivity contribution < 1.29 is 0 Å². The van der Waals surface area contributed by atoms with Gasteiger partial charge in [0.05, 0.1) is 0 Å². The first-order valence-electron chi connectivity index (χ1n) is 2.92.